The maximum absolute atomic E-state index is 13.9. The second-order valence-corrected chi connectivity index (χ2v) is 28.4. The van der Waals surface area contributed by atoms with Crippen molar-refractivity contribution in [1.82, 2.24) is 86.4 Å². The molecule has 0 fully saturated rings. The number of anilines is 3. The number of fused-ring (bicyclic) bond motifs is 3. The number of aromatic amines is 3. The molecule has 0 atom stereocenters. The molecule has 125 heavy (non-hydrogen) atoms. The molecule has 9 rings (SSSR count). The average Bonchev–Trinajstić information content (AvgIpc) is 1.71. The zero-order chi connectivity index (χ0) is 87.7. The molecular formula is C84H122N20O21. The van der Waals surface area contributed by atoms with E-state index in [9.17, 15) is 19.2 Å². The number of carbonyl (C=O) groups is 4. The third-order valence-electron chi connectivity index (χ3n) is 18.7. The number of hydrogen-bond donors (Lipinski definition) is 11. The van der Waals surface area contributed by atoms with Crippen LogP contribution < -0.4 is 53.3 Å². The fourth-order valence-electron chi connectivity index (χ4n) is 12.2. The largest absolute Gasteiger partial charge is 0.471 e. The number of imidazole rings is 3. The van der Waals surface area contributed by atoms with Crippen LogP contribution in [0.3, 0.4) is 0 Å². The number of benzene rings is 3. The van der Waals surface area contributed by atoms with Crippen LogP contribution in [-0.2, 0) is 131 Å². The normalized spacial score (nSPS) is 11.6. The number of rotatable bonds is 72. The highest BCUT2D eigenvalue weighted by Gasteiger charge is 2.34. The summed E-state index contributed by atoms with van der Waals surface area (Å²) in [7, 11) is 0. The molecule has 0 spiro atoms. The SMILES string of the molecule is CCCOCCOCCOCCNC(=O)NC(CCC(=O)NCCOCCOCCOCCOCc1ccc(CCc2nc(N)nc3nc[nH]c23)cc1)(CCC(=O)NCCOCCOCCOCCOCc1ccc(COc2nc(N)nc3nc[nH]c23)cc1)CCC(=O)NCCOCCOCCOCCOCc1ccc(COc2nc(N)nc3nc[nH]c23)cc1. The first-order valence-corrected chi connectivity index (χ1v) is 42.3. The summed E-state index contributed by atoms with van der Waals surface area (Å²) in [6.07, 6.45) is 7.03. The van der Waals surface area contributed by atoms with E-state index in [0.717, 1.165) is 57.4 Å². The van der Waals surface area contributed by atoms with Crippen molar-refractivity contribution in [3.8, 4) is 11.8 Å². The zero-order valence-electron chi connectivity index (χ0n) is 71.3. The van der Waals surface area contributed by atoms with Crippen LogP contribution in [-0.4, -0.2) is 294 Å². The van der Waals surface area contributed by atoms with E-state index in [1.54, 1.807) is 6.33 Å². The van der Waals surface area contributed by atoms with Crippen LogP contribution in [0.2, 0.25) is 0 Å². The molecule has 0 bridgehead atoms. The summed E-state index contributed by atoms with van der Waals surface area (Å²) in [5, 5.41) is 14.6. The number of hydrogen-bond acceptors (Lipinski definition) is 33. The summed E-state index contributed by atoms with van der Waals surface area (Å²) >= 11 is 0. The van der Waals surface area contributed by atoms with Crippen LogP contribution in [0.4, 0.5) is 22.6 Å². The number of ether oxygens (including phenoxy) is 17. The van der Waals surface area contributed by atoms with E-state index in [-0.39, 0.29) is 160 Å². The lowest BCUT2D eigenvalue weighted by Gasteiger charge is -2.35. The highest BCUT2D eigenvalue weighted by Crippen LogP contribution is 2.28. The maximum Gasteiger partial charge on any atom is 0.315 e. The van der Waals surface area contributed by atoms with E-state index in [2.05, 4.69) is 98.5 Å². The summed E-state index contributed by atoms with van der Waals surface area (Å²) in [5.41, 5.74) is 26.5. The van der Waals surface area contributed by atoms with Crippen molar-refractivity contribution >= 4 is 75.1 Å². The fraction of sp³-hybridized carbons (Fsp3) is 0.560. The molecule has 3 aromatic carbocycles. The van der Waals surface area contributed by atoms with Crippen LogP contribution >= 0.6 is 0 Å². The number of H-pyrrole nitrogens is 3. The van der Waals surface area contributed by atoms with Gasteiger partial charge in [-0.15, -0.1) is 0 Å². The van der Waals surface area contributed by atoms with Gasteiger partial charge in [-0.05, 0) is 71.9 Å². The molecule has 0 saturated heterocycles. The number of aromatic nitrogens is 12. The molecule has 6 aromatic heterocycles. The molecule has 41 heteroatoms. The summed E-state index contributed by atoms with van der Waals surface area (Å²) < 4.78 is 97.3. The molecule has 0 aliphatic carbocycles. The topological polar surface area (TPSA) is 527 Å². The van der Waals surface area contributed by atoms with Crippen LogP contribution in [0, 0.1) is 0 Å². The number of amides is 5. The molecule has 6 heterocycles. The fourth-order valence-corrected chi connectivity index (χ4v) is 12.2. The number of aryl methyl sites for hydroxylation is 2. The average molecular weight is 1750 g/mol. The molecule has 0 aliphatic heterocycles. The Kier molecular flexibility index (Phi) is 46.6. The first-order chi connectivity index (χ1) is 61.4. The Labute approximate surface area is 725 Å². The Morgan fingerprint density at radius 1 is 0.320 bits per heavy atom. The highest BCUT2D eigenvalue weighted by atomic mass is 16.6. The van der Waals surface area contributed by atoms with Crippen molar-refractivity contribution in [2.75, 3.05) is 222 Å². The standard InChI is InChI=1S/C84H122N20O21/c1-2-27-109-32-37-114-41-36-113-31-26-91-83(108)104-84(20-17-69(105)88-23-28-110-33-38-115-42-45-118-48-51-121-54-63-5-3-62(4-6-63)15-16-68-72-75(95-59-92-72)99-80(85)98-68,21-18-70(106)89-24-29-111-34-39-116-43-46-119-49-52-122-55-64-7-11-66(12-8-64)57-124-78-73-76(96-60-93-73)100-81(86)102-78)22-19-71(107)90-25-30-112-35-40-117-44-47-120-50-53-123-56-65-9-13-67(14-10-65)58-125-79-74-77(97-61-94-74)101-82(87)103-79/h3-14,59-61H,2,15-58H2,1H3,(H,88,105)(H,89,106)(H,90,107)(H2,91,104,108)(H3,85,92,95,98,99)(H3,86,93,96,100,102)(H3,87,94,97,101,103). The third-order valence-corrected chi connectivity index (χ3v) is 18.7. The summed E-state index contributed by atoms with van der Waals surface area (Å²) in [6, 6.07) is 23.4. The van der Waals surface area contributed by atoms with Gasteiger partial charge >= 0.3 is 6.03 Å². The van der Waals surface area contributed by atoms with Gasteiger partial charge in [0.25, 0.3) is 0 Å². The van der Waals surface area contributed by atoms with Crippen molar-refractivity contribution in [3.63, 3.8) is 0 Å². The second-order valence-electron chi connectivity index (χ2n) is 28.4. The minimum Gasteiger partial charge on any atom is -0.471 e. The molecule has 5 amide bonds. The summed E-state index contributed by atoms with van der Waals surface area (Å²) in [6.45, 7) is 13.9. The van der Waals surface area contributed by atoms with E-state index >= 15 is 0 Å². The van der Waals surface area contributed by atoms with E-state index in [4.69, 9.17) is 97.7 Å². The Morgan fingerprint density at radius 3 is 0.944 bits per heavy atom. The van der Waals surface area contributed by atoms with Crippen molar-refractivity contribution in [3.05, 3.63) is 131 Å². The van der Waals surface area contributed by atoms with E-state index in [1.807, 2.05) is 67.6 Å². The van der Waals surface area contributed by atoms with E-state index in [0.29, 0.717) is 198 Å². The number of carbonyl (C=O) groups excluding carboxylic acids is 4. The van der Waals surface area contributed by atoms with Gasteiger partial charge in [-0.25, -0.2) is 24.7 Å². The van der Waals surface area contributed by atoms with Crippen LogP contribution in [0.15, 0.2) is 91.8 Å². The molecule has 0 saturated carbocycles. The molecule has 41 nitrogen and oxygen atoms in total. The van der Waals surface area contributed by atoms with Gasteiger partial charge in [0.1, 0.15) is 29.8 Å². The summed E-state index contributed by atoms with van der Waals surface area (Å²) in [4.78, 5) is 101. The number of nitrogens with two attached hydrogens (primary N) is 3. The number of nitrogens with one attached hydrogen (secondary N) is 8. The lowest BCUT2D eigenvalue weighted by Crippen LogP contribution is -2.54. The first kappa shape index (κ1) is 98.2. The predicted octanol–water partition coefficient (Wildman–Crippen LogP) is 4.66. The second kappa shape index (κ2) is 59.3. The van der Waals surface area contributed by atoms with Gasteiger partial charge in [0.05, 0.1) is 216 Å². The number of nitrogen functional groups attached to an aromatic ring is 3. The van der Waals surface area contributed by atoms with Gasteiger partial charge in [0, 0.05) is 57.6 Å². The maximum atomic E-state index is 13.9. The molecule has 14 N–H and O–H groups in total. The minimum atomic E-state index is -1.22. The molecule has 684 valence electrons. The highest BCUT2D eigenvalue weighted by molar-refractivity contribution is 5.80. The van der Waals surface area contributed by atoms with Crippen molar-refractivity contribution < 1.29 is 99.7 Å². The molecule has 0 radical (unpaired) electrons. The molecular weight excluding hydrogens is 1630 g/mol. The zero-order valence-corrected chi connectivity index (χ0v) is 71.3. The van der Waals surface area contributed by atoms with Crippen LogP contribution in [0.1, 0.15) is 90.9 Å². The Bertz CT molecular complexity index is 4070. The minimum absolute atomic E-state index is 0.0603. The van der Waals surface area contributed by atoms with E-state index < -0.39 is 11.6 Å². The smallest absolute Gasteiger partial charge is 0.315 e. The monoisotopic (exact) mass is 1750 g/mol. The number of urea groups is 1. The van der Waals surface area contributed by atoms with Crippen molar-refractivity contribution in [2.45, 2.75) is 103 Å². The van der Waals surface area contributed by atoms with Gasteiger partial charge in [-0.3, -0.25) is 14.4 Å². The molecule has 0 unspecified atom stereocenters. The first-order valence-electron chi connectivity index (χ1n) is 42.3. The van der Waals surface area contributed by atoms with Gasteiger partial charge in [-0.1, -0.05) is 79.7 Å². The summed E-state index contributed by atoms with van der Waals surface area (Å²) in [5.74, 6) is 0.0445. The van der Waals surface area contributed by atoms with Crippen LogP contribution in [0.5, 0.6) is 11.8 Å². The molecule has 9 aromatic rings. The lowest BCUT2D eigenvalue weighted by molar-refractivity contribution is -0.121. The predicted molar refractivity (Wildman–Crippen MR) is 459 cm³/mol. The Hall–Kier alpha value is -10.6. The van der Waals surface area contributed by atoms with Gasteiger partial charge in [-0.2, -0.15) is 24.9 Å². The van der Waals surface area contributed by atoms with Crippen molar-refractivity contribution in [1.29, 1.82) is 0 Å². The van der Waals surface area contributed by atoms with Gasteiger partial charge in [0.2, 0.25) is 47.3 Å². The Balaban J connectivity index is 0.644. The quantitative estimate of drug-likeness (QED) is 0.0231. The van der Waals surface area contributed by atoms with Crippen molar-refractivity contribution in [2.24, 2.45) is 0 Å². The van der Waals surface area contributed by atoms with E-state index in [1.165, 1.54) is 12.7 Å². The Morgan fingerprint density at radius 2 is 0.600 bits per heavy atom. The van der Waals surface area contributed by atoms with Gasteiger partial charge in [0.15, 0.2) is 16.9 Å². The number of nitrogens with zero attached hydrogens (tertiary/aromatic N) is 9. The van der Waals surface area contributed by atoms with Gasteiger partial charge < -0.3 is 139 Å². The lowest BCUT2D eigenvalue weighted by atomic mass is 9.83. The molecule has 0 aliphatic rings. The third kappa shape index (κ3) is 40.1. The van der Waals surface area contributed by atoms with Crippen LogP contribution in [0.25, 0.3) is 33.5 Å².